The van der Waals surface area contributed by atoms with E-state index in [-0.39, 0.29) is 34.6 Å². The minimum absolute atomic E-state index is 0.0758. The molecule has 3 N–H and O–H groups in total. The summed E-state index contributed by atoms with van der Waals surface area (Å²) >= 11 is 0. The van der Waals surface area contributed by atoms with Crippen LogP contribution in [0.15, 0.2) is 18.2 Å². The third kappa shape index (κ3) is 6.34. The number of rotatable bonds is 13. The van der Waals surface area contributed by atoms with E-state index < -0.39 is 23.4 Å². The molecule has 2 aromatic carbocycles. The van der Waals surface area contributed by atoms with Gasteiger partial charge >= 0.3 is 11.9 Å². The number of carboxylic acids is 1. The van der Waals surface area contributed by atoms with E-state index in [1.165, 1.54) is 14.2 Å². The highest BCUT2D eigenvalue weighted by atomic mass is 16.5. The van der Waals surface area contributed by atoms with E-state index in [9.17, 15) is 24.9 Å². The van der Waals surface area contributed by atoms with Crippen LogP contribution in [0, 0.1) is 0 Å². The zero-order valence-corrected chi connectivity index (χ0v) is 20.3. The number of aromatic hydroxyl groups is 2. The van der Waals surface area contributed by atoms with E-state index >= 15 is 0 Å². The summed E-state index contributed by atoms with van der Waals surface area (Å²) < 4.78 is 16.4. The highest BCUT2D eigenvalue weighted by Crippen LogP contribution is 2.41. The van der Waals surface area contributed by atoms with Gasteiger partial charge in [0.15, 0.2) is 11.5 Å². The monoisotopic (exact) mass is 474 g/mol. The summed E-state index contributed by atoms with van der Waals surface area (Å²) in [4.78, 5) is 25.2. The predicted octanol–water partition coefficient (Wildman–Crippen LogP) is 5.50. The minimum Gasteiger partial charge on any atom is -0.507 e. The van der Waals surface area contributed by atoms with E-state index in [0.717, 1.165) is 38.2 Å². The van der Waals surface area contributed by atoms with E-state index in [0.29, 0.717) is 24.2 Å². The van der Waals surface area contributed by atoms with Crippen molar-refractivity contribution in [3.8, 4) is 28.7 Å². The molecule has 0 bridgehead atoms. The van der Waals surface area contributed by atoms with Gasteiger partial charge in [-0.05, 0) is 37.3 Å². The first-order valence-corrected chi connectivity index (χ1v) is 11.6. The summed E-state index contributed by atoms with van der Waals surface area (Å²) in [5, 5.41) is 30.3. The van der Waals surface area contributed by atoms with Gasteiger partial charge < -0.3 is 29.5 Å². The van der Waals surface area contributed by atoms with E-state index in [4.69, 9.17) is 14.2 Å². The molecule has 0 aliphatic carbocycles. The maximum absolute atomic E-state index is 13.4. The number of hydrogen-bond acceptors (Lipinski definition) is 7. The Hall–Kier alpha value is -3.42. The minimum atomic E-state index is -1.37. The molecule has 34 heavy (non-hydrogen) atoms. The Balaban J connectivity index is 2.58. The molecule has 2 rings (SSSR count). The fraction of sp³-hybridized carbons (Fsp3) is 0.462. The molecule has 8 nitrogen and oxygen atoms in total. The highest BCUT2D eigenvalue weighted by molar-refractivity contribution is 5.98. The topological polar surface area (TPSA) is 123 Å². The molecule has 0 atom stereocenters. The second-order valence-electron chi connectivity index (χ2n) is 8.07. The summed E-state index contributed by atoms with van der Waals surface area (Å²) in [5.41, 5.74) is 0.538. The number of carbonyl (C=O) groups excluding carboxylic acids is 1. The van der Waals surface area contributed by atoms with Crippen molar-refractivity contribution in [1.29, 1.82) is 0 Å². The van der Waals surface area contributed by atoms with Gasteiger partial charge in [0.1, 0.15) is 28.4 Å². The van der Waals surface area contributed by atoms with E-state index in [1.807, 2.05) is 6.92 Å². The number of phenols is 2. The first-order valence-electron chi connectivity index (χ1n) is 11.6. The van der Waals surface area contributed by atoms with Crippen molar-refractivity contribution in [2.75, 3.05) is 14.2 Å². The zero-order chi connectivity index (χ0) is 25.3. The van der Waals surface area contributed by atoms with E-state index in [1.54, 1.807) is 12.1 Å². The van der Waals surface area contributed by atoms with Gasteiger partial charge in [0.2, 0.25) is 0 Å². The maximum atomic E-state index is 13.4. The van der Waals surface area contributed by atoms with Crippen molar-refractivity contribution >= 4 is 11.9 Å². The van der Waals surface area contributed by atoms with Gasteiger partial charge in [-0.1, -0.05) is 39.5 Å². The quantitative estimate of drug-likeness (QED) is 0.198. The summed E-state index contributed by atoms with van der Waals surface area (Å²) in [7, 11) is 2.95. The van der Waals surface area contributed by atoms with Gasteiger partial charge in [-0.3, -0.25) is 0 Å². The second-order valence-corrected chi connectivity index (χ2v) is 8.07. The molecule has 0 saturated carbocycles. The third-order valence-electron chi connectivity index (χ3n) is 5.64. The van der Waals surface area contributed by atoms with Crippen molar-refractivity contribution in [3.05, 3.63) is 40.5 Å². The number of methoxy groups -OCH3 is 2. The lowest BCUT2D eigenvalue weighted by molar-refractivity contribution is 0.0679. The second kappa shape index (κ2) is 12.7. The van der Waals surface area contributed by atoms with Crippen molar-refractivity contribution in [1.82, 2.24) is 0 Å². The summed E-state index contributed by atoms with van der Waals surface area (Å²) in [6, 6.07) is 4.19. The summed E-state index contributed by atoms with van der Waals surface area (Å²) in [6.45, 7) is 4.07. The molecule has 0 saturated heterocycles. The number of unbranched alkanes of at least 4 members (excludes halogenated alkanes) is 4. The van der Waals surface area contributed by atoms with Crippen LogP contribution in [-0.4, -0.2) is 41.5 Å². The average molecular weight is 475 g/mol. The number of esters is 1. The molecule has 0 aromatic heterocycles. The third-order valence-corrected chi connectivity index (χ3v) is 5.64. The zero-order valence-electron chi connectivity index (χ0n) is 20.3. The summed E-state index contributed by atoms with van der Waals surface area (Å²) in [6.07, 6.45) is 5.88. The van der Waals surface area contributed by atoms with Crippen LogP contribution >= 0.6 is 0 Å². The van der Waals surface area contributed by atoms with Crippen molar-refractivity contribution in [3.63, 3.8) is 0 Å². The fourth-order valence-corrected chi connectivity index (χ4v) is 3.89. The van der Waals surface area contributed by atoms with Crippen LogP contribution < -0.4 is 14.2 Å². The molecule has 186 valence electrons. The Labute approximate surface area is 200 Å². The molecule has 0 aliphatic heterocycles. The van der Waals surface area contributed by atoms with Crippen LogP contribution in [0.3, 0.4) is 0 Å². The van der Waals surface area contributed by atoms with Crippen molar-refractivity contribution < 1.29 is 39.1 Å². The summed E-state index contributed by atoms with van der Waals surface area (Å²) in [5.74, 6) is -2.75. The molecular weight excluding hydrogens is 440 g/mol. The molecule has 0 unspecified atom stereocenters. The molecule has 0 spiro atoms. The van der Waals surface area contributed by atoms with Gasteiger partial charge in [-0.25, -0.2) is 9.59 Å². The Morgan fingerprint density at radius 2 is 1.47 bits per heavy atom. The first-order chi connectivity index (χ1) is 16.3. The lowest BCUT2D eigenvalue weighted by Crippen LogP contribution is -2.16. The van der Waals surface area contributed by atoms with Crippen LogP contribution in [0.4, 0.5) is 0 Å². The molecule has 0 aliphatic rings. The Kier molecular flexibility index (Phi) is 10.0. The fourth-order valence-electron chi connectivity index (χ4n) is 3.89. The van der Waals surface area contributed by atoms with Gasteiger partial charge in [0.25, 0.3) is 0 Å². The Morgan fingerprint density at radius 3 is 2.03 bits per heavy atom. The average Bonchev–Trinajstić information content (AvgIpc) is 2.80. The first kappa shape index (κ1) is 26.8. The number of phenolic OH excluding ortho intramolecular Hbond substituents is 1. The molecule has 0 radical (unpaired) electrons. The molecule has 0 amide bonds. The normalized spacial score (nSPS) is 10.7. The van der Waals surface area contributed by atoms with E-state index in [2.05, 4.69) is 6.92 Å². The molecule has 8 heteroatoms. The van der Waals surface area contributed by atoms with Crippen LogP contribution in [0.2, 0.25) is 0 Å². The Morgan fingerprint density at radius 1 is 0.824 bits per heavy atom. The number of aromatic carboxylic acids is 1. The predicted molar refractivity (Wildman–Crippen MR) is 128 cm³/mol. The van der Waals surface area contributed by atoms with Crippen molar-refractivity contribution in [2.24, 2.45) is 0 Å². The number of hydrogen-bond donors (Lipinski definition) is 3. The van der Waals surface area contributed by atoms with Crippen LogP contribution in [0.25, 0.3) is 0 Å². The molecule has 2 aromatic rings. The SMILES string of the molecule is CCCCCc1cc(OC)cc(OC)c1C(=O)Oc1c(O)cc(O)c(C(=O)O)c1CCCCC. The highest BCUT2D eigenvalue weighted by Gasteiger charge is 2.28. The van der Waals surface area contributed by atoms with Gasteiger partial charge in [-0.2, -0.15) is 0 Å². The number of carboxylic acid groups (broad SMARTS) is 1. The molecule has 0 heterocycles. The number of carbonyl (C=O) groups is 2. The number of aryl methyl sites for hydroxylation is 1. The molecular formula is C26H34O8. The van der Waals surface area contributed by atoms with Crippen LogP contribution in [-0.2, 0) is 12.8 Å². The van der Waals surface area contributed by atoms with Gasteiger partial charge in [0.05, 0.1) is 14.2 Å². The molecule has 0 fully saturated rings. The van der Waals surface area contributed by atoms with Gasteiger partial charge in [0, 0.05) is 17.7 Å². The maximum Gasteiger partial charge on any atom is 0.347 e. The number of ether oxygens (including phenoxy) is 3. The van der Waals surface area contributed by atoms with Crippen LogP contribution in [0.5, 0.6) is 28.7 Å². The van der Waals surface area contributed by atoms with Crippen LogP contribution in [0.1, 0.15) is 84.2 Å². The smallest absolute Gasteiger partial charge is 0.347 e. The Bertz CT molecular complexity index is 1010. The number of benzene rings is 2. The van der Waals surface area contributed by atoms with Crippen molar-refractivity contribution in [2.45, 2.75) is 65.2 Å². The standard InChI is InChI=1S/C26H34O8/c1-5-7-9-11-16-13-17(32-3)14-21(33-4)22(16)26(31)34-24-18(12-10-8-6-2)23(25(29)30)19(27)15-20(24)28/h13-15,27-28H,5-12H2,1-4H3,(H,29,30). The largest absolute Gasteiger partial charge is 0.507 e. The lowest BCUT2D eigenvalue weighted by atomic mass is 9.98. The lowest BCUT2D eigenvalue weighted by Gasteiger charge is -2.18. The van der Waals surface area contributed by atoms with Gasteiger partial charge in [-0.15, -0.1) is 0 Å².